The average molecular weight is 252 g/mol. The van der Waals surface area contributed by atoms with Gasteiger partial charge >= 0.3 is 0 Å². The maximum atomic E-state index is 2.37. The van der Waals surface area contributed by atoms with Gasteiger partial charge in [-0.2, -0.15) is 0 Å². The van der Waals surface area contributed by atoms with Crippen molar-refractivity contribution in [3.8, 4) is 0 Å². The summed E-state index contributed by atoms with van der Waals surface area (Å²) >= 11 is 2.00. The van der Waals surface area contributed by atoms with E-state index >= 15 is 0 Å². The molecule has 0 aliphatic heterocycles. The normalized spacial score (nSPS) is 14.9. The second kappa shape index (κ2) is 6.58. The van der Waals surface area contributed by atoms with Gasteiger partial charge in [-0.1, -0.05) is 40.5 Å². The molecule has 0 amide bonds. The third-order valence-electron chi connectivity index (χ3n) is 4.02. The van der Waals surface area contributed by atoms with Gasteiger partial charge in [0, 0.05) is 9.75 Å². The SMILES string of the molecule is CCC(C)Cc1c(C)sc(C)c1CC(C)CC. The molecule has 98 valence electrons. The Bertz CT molecular complexity index is 316. The van der Waals surface area contributed by atoms with Gasteiger partial charge in [-0.25, -0.2) is 0 Å². The Kier molecular flexibility index (Phi) is 5.72. The van der Waals surface area contributed by atoms with E-state index in [2.05, 4.69) is 41.5 Å². The zero-order valence-corrected chi connectivity index (χ0v) is 13.2. The van der Waals surface area contributed by atoms with Crippen LogP contribution >= 0.6 is 11.3 Å². The summed E-state index contributed by atoms with van der Waals surface area (Å²) in [5, 5.41) is 0. The van der Waals surface area contributed by atoms with E-state index in [9.17, 15) is 0 Å². The molecule has 0 saturated carbocycles. The van der Waals surface area contributed by atoms with Crippen LogP contribution in [-0.2, 0) is 12.8 Å². The zero-order chi connectivity index (χ0) is 13.0. The molecule has 1 aromatic heterocycles. The highest BCUT2D eigenvalue weighted by molar-refractivity contribution is 7.12. The summed E-state index contributed by atoms with van der Waals surface area (Å²) in [5.41, 5.74) is 3.34. The maximum absolute atomic E-state index is 2.37. The van der Waals surface area contributed by atoms with E-state index in [0.717, 1.165) is 11.8 Å². The quantitative estimate of drug-likeness (QED) is 0.623. The van der Waals surface area contributed by atoms with Crippen LogP contribution in [0.2, 0.25) is 0 Å². The van der Waals surface area contributed by atoms with Gasteiger partial charge in [0.1, 0.15) is 0 Å². The van der Waals surface area contributed by atoms with E-state index in [4.69, 9.17) is 0 Å². The van der Waals surface area contributed by atoms with Crippen LogP contribution < -0.4 is 0 Å². The predicted molar refractivity (Wildman–Crippen MR) is 80.1 cm³/mol. The Morgan fingerprint density at radius 2 is 1.18 bits per heavy atom. The molecule has 1 heterocycles. The first-order valence-corrected chi connectivity index (χ1v) is 7.88. The second-order valence-corrected chi connectivity index (χ2v) is 7.04. The number of rotatable bonds is 6. The van der Waals surface area contributed by atoms with Crippen LogP contribution in [0.15, 0.2) is 0 Å². The molecular weight excluding hydrogens is 224 g/mol. The fourth-order valence-corrected chi connectivity index (χ4v) is 3.42. The highest BCUT2D eigenvalue weighted by Crippen LogP contribution is 2.32. The van der Waals surface area contributed by atoms with Crippen LogP contribution in [0, 0.1) is 25.7 Å². The number of thiophene rings is 1. The number of hydrogen-bond acceptors (Lipinski definition) is 1. The Labute approximate surface area is 111 Å². The molecule has 17 heavy (non-hydrogen) atoms. The largest absolute Gasteiger partial charge is 0.145 e. The lowest BCUT2D eigenvalue weighted by Gasteiger charge is -2.14. The van der Waals surface area contributed by atoms with E-state index in [1.165, 1.54) is 25.7 Å². The van der Waals surface area contributed by atoms with Crippen LogP contribution in [-0.4, -0.2) is 0 Å². The molecule has 1 aromatic rings. The monoisotopic (exact) mass is 252 g/mol. The minimum Gasteiger partial charge on any atom is -0.145 e. The van der Waals surface area contributed by atoms with E-state index in [0.29, 0.717) is 0 Å². The van der Waals surface area contributed by atoms with Crippen molar-refractivity contribution in [1.82, 2.24) is 0 Å². The van der Waals surface area contributed by atoms with Gasteiger partial charge in [-0.3, -0.25) is 0 Å². The second-order valence-electron chi connectivity index (χ2n) is 5.61. The highest BCUT2D eigenvalue weighted by atomic mass is 32.1. The molecule has 1 rings (SSSR count). The number of aryl methyl sites for hydroxylation is 2. The molecule has 0 radical (unpaired) electrons. The minimum atomic E-state index is 0.818. The molecule has 0 nitrogen and oxygen atoms in total. The predicted octanol–water partition coefficient (Wildman–Crippen LogP) is 5.54. The first-order chi connectivity index (χ1) is 7.99. The van der Waals surface area contributed by atoms with Crippen LogP contribution in [0.4, 0.5) is 0 Å². The lowest BCUT2D eigenvalue weighted by Crippen LogP contribution is -2.05. The summed E-state index contributed by atoms with van der Waals surface area (Å²) in [7, 11) is 0. The van der Waals surface area contributed by atoms with E-state index < -0.39 is 0 Å². The van der Waals surface area contributed by atoms with E-state index in [1.807, 2.05) is 11.3 Å². The third-order valence-corrected chi connectivity index (χ3v) is 5.12. The summed E-state index contributed by atoms with van der Waals surface area (Å²) < 4.78 is 0. The fraction of sp³-hybridized carbons (Fsp3) is 0.750. The topological polar surface area (TPSA) is 0 Å². The Balaban J connectivity index is 2.93. The molecule has 0 aliphatic carbocycles. The van der Waals surface area contributed by atoms with Gasteiger partial charge in [-0.15, -0.1) is 11.3 Å². The molecule has 0 fully saturated rings. The summed E-state index contributed by atoms with van der Waals surface area (Å²) in [6.45, 7) is 13.9. The summed E-state index contributed by atoms with van der Waals surface area (Å²) in [5.74, 6) is 1.64. The summed E-state index contributed by atoms with van der Waals surface area (Å²) in [6, 6.07) is 0. The minimum absolute atomic E-state index is 0.818. The lowest BCUT2D eigenvalue weighted by molar-refractivity contribution is 0.537. The van der Waals surface area contributed by atoms with Gasteiger partial charge in [0.2, 0.25) is 0 Å². The van der Waals surface area contributed by atoms with Crippen molar-refractivity contribution in [2.75, 3.05) is 0 Å². The fourth-order valence-electron chi connectivity index (χ4n) is 2.30. The van der Waals surface area contributed by atoms with Crippen molar-refractivity contribution in [3.05, 3.63) is 20.9 Å². The van der Waals surface area contributed by atoms with Gasteiger partial charge in [-0.05, 0) is 49.7 Å². The van der Waals surface area contributed by atoms with Crippen LogP contribution in [0.3, 0.4) is 0 Å². The zero-order valence-electron chi connectivity index (χ0n) is 12.4. The molecule has 0 N–H and O–H groups in total. The van der Waals surface area contributed by atoms with Crippen molar-refractivity contribution in [3.63, 3.8) is 0 Å². The van der Waals surface area contributed by atoms with E-state index in [-0.39, 0.29) is 0 Å². The maximum Gasteiger partial charge on any atom is 0.00519 e. The summed E-state index contributed by atoms with van der Waals surface area (Å²) in [4.78, 5) is 3.11. The Morgan fingerprint density at radius 3 is 1.47 bits per heavy atom. The first kappa shape index (κ1) is 14.8. The molecule has 2 unspecified atom stereocenters. The molecule has 0 spiro atoms. The van der Waals surface area contributed by atoms with Crippen molar-refractivity contribution in [2.45, 2.75) is 67.2 Å². The third kappa shape index (κ3) is 3.84. The summed E-state index contributed by atoms with van der Waals surface area (Å²) in [6.07, 6.45) is 5.13. The smallest absolute Gasteiger partial charge is 0.00519 e. The molecular formula is C16H28S. The molecule has 1 heteroatoms. The standard InChI is InChI=1S/C16H28S/c1-7-11(3)9-15-13(5)17-14(6)16(15)10-12(4)8-2/h11-12H,7-10H2,1-6H3. The van der Waals surface area contributed by atoms with Crippen LogP contribution in [0.25, 0.3) is 0 Å². The molecule has 0 bridgehead atoms. The highest BCUT2D eigenvalue weighted by Gasteiger charge is 2.16. The number of hydrogen-bond donors (Lipinski definition) is 0. The average Bonchev–Trinajstić information content (AvgIpc) is 2.55. The van der Waals surface area contributed by atoms with Gasteiger partial charge in [0.25, 0.3) is 0 Å². The van der Waals surface area contributed by atoms with E-state index in [1.54, 1.807) is 20.9 Å². The van der Waals surface area contributed by atoms with Gasteiger partial charge in [0.05, 0.1) is 0 Å². The van der Waals surface area contributed by atoms with Crippen molar-refractivity contribution >= 4 is 11.3 Å². The van der Waals surface area contributed by atoms with Crippen LogP contribution in [0.5, 0.6) is 0 Å². The van der Waals surface area contributed by atoms with Gasteiger partial charge in [0.15, 0.2) is 0 Å². The lowest BCUT2D eigenvalue weighted by atomic mass is 9.90. The van der Waals surface area contributed by atoms with Gasteiger partial charge < -0.3 is 0 Å². The molecule has 0 aromatic carbocycles. The molecule has 0 saturated heterocycles. The molecule has 0 aliphatic rings. The van der Waals surface area contributed by atoms with Crippen molar-refractivity contribution in [2.24, 2.45) is 11.8 Å². The van der Waals surface area contributed by atoms with Crippen molar-refractivity contribution < 1.29 is 0 Å². The Hall–Kier alpha value is -0.300. The Morgan fingerprint density at radius 1 is 0.824 bits per heavy atom. The first-order valence-electron chi connectivity index (χ1n) is 7.07. The van der Waals surface area contributed by atoms with Crippen LogP contribution in [0.1, 0.15) is 61.4 Å². The van der Waals surface area contributed by atoms with Crippen molar-refractivity contribution in [1.29, 1.82) is 0 Å². The molecule has 2 atom stereocenters.